The van der Waals surface area contributed by atoms with E-state index >= 15 is 0 Å². The van der Waals surface area contributed by atoms with E-state index in [4.69, 9.17) is 9.29 Å². The highest BCUT2D eigenvalue weighted by molar-refractivity contribution is 7.91. The number of methoxy groups -OCH3 is 1. The predicted molar refractivity (Wildman–Crippen MR) is 127 cm³/mol. The minimum atomic E-state index is -4.81. The largest absolute Gasteiger partial charge is 0.505 e. The summed E-state index contributed by atoms with van der Waals surface area (Å²) in [5.74, 6) is -1.23. The molecular formula is C20H20N2O11S3. The Kier molecular flexibility index (Phi) is 7.68. The van der Waals surface area contributed by atoms with Gasteiger partial charge in [-0.05, 0) is 24.6 Å². The third kappa shape index (κ3) is 6.15. The number of benzene rings is 3. The zero-order valence-corrected chi connectivity index (χ0v) is 21.1. The first kappa shape index (κ1) is 27.4. The van der Waals surface area contributed by atoms with Crippen LogP contribution in [0.25, 0.3) is 10.8 Å². The first-order valence-corrected chi connectivity index (χ1v) is 14.3. The lowest BCUT2D eigenvalue weighted by atomic mass is 10.1. The second kappa shape index (κ2) is 10.1. The van der Waals surface area contributed by atoms with E-state index in [0.29, 0.717) is 0 Å². The Hall–Kier alpha value is -3.15. The second-order valence-electron chi connectivity index (χ2n) is 7.32. The number of aryl methyl sites for hydroxylation is 1. The zero-order valence-electron chi connectivity index (χ0n) is 18.7. The number of hydrogen-bond donors (Lipinski definition) is 3. The number of ether oxygens (including phenoxy) is 1. The van der Waals surface area contributed by atoms with Crippen LogP contribution in [0.1, 0.15) is 5.56 Å². The van der Waals surface area contributed by atoms with Crippen LogP contribution in [0.15, 0.2) is 62.5 Å². The van der Waals surface area contributed by atoms with Gasteiger partial charge in [0.15, 0.2) is 15.6 Å². The minimum absolute atomic E-state index is 0.0177. The fourth-order valence-corrected chi connectivity index (χ4v) is 5.77. The van der Waals surface area contributed by atoms with Gasteiger partial charge in [-0.1, -0.05) is 24.3 Å². The molecule has 0 spiro atoms. The molecule has 0 aromatic heterocycles. The van der Waals surface area contributed by atoms with Crippen molar-refractivity contribution in [3.8, 4) is 11.5 Å². The molecule has 0 heterocycles. The van der Waals surface area contributed by atoms with E-state index in [1.54, 1.807) is 6.07 Å². The van der Waals surface area contributed by atoms with E-state index < -0.39 is 53.4 Å². The molecule has 3 aromatic carbocycles. The monoisotopic (exact) mass is 560 g/mol. The van der Waals surface area contributed by atoms with Gasteiger partial charge in [-0.25, -0.2) is 12.6 Å². The van der Waals surface area contributed by atoms with Crippen LogP contribution in [-0.2, 0) is 34.5 Å². The topological polar surface area (TPSA) is 206 Å². The second-order valence-corrected chi connectivity index (χ2v) is 11.9. The lowest BCUT2D eigenvalue weighted by Gasteiger charge is -2.12. The molecule has 194 valence electrons. The van der Waals surface area contributed by atoms with E-state index in [1.807, 2.05) is 0 Å². The number of rotatable bonds is 9. The van der Waals surface area contributed by atoms with Crippen molar-refractivity contribution in [2.75, 3.05) is 19.5 Å². The van der Waals surface area contributed by atoms with Gasteiger partial charge in [0.25, 0.3) is 10.1 Å². The van der Waals surface area contributed by atoms with Crippen molar-refractivity contribution in [2.24, 2.45) is 10.2 Å². The fourth-order valence-electron chi connectivity index (χ4n) is 3.30. The lowest BCUT2D eigenvalue weighted by Crippen LogP contribution is -2.16. The van der Waals surface area contributed by atoms with E-state index in [-0.39, 0.29) is 38.4 Å². The van der Waals surface area contributed by atoms with Crippen LogP contribution < -0.4 is 4.74 Å². The third-order valence-electron chi connectivity index (χ3n) is 4.90. The fraction of sp³-hybridized carbons (Fsp3) is 0.200. The Labute approximate surface area is 206 Å². The highest BCUT2D eigenvalue weighted by atomic mass is 32.3. The maximum Gasteiger partial charge on any atom is 0.397 e. The Bertz CT molecular complexity index is 1680. The Morgan fingerprint density at radius 2 is 1.47 bits per heavy atom. The molecule has 0 radical (unpaired) electrons. The van der Waals surface area contributed by atoms with Gasteiger partial charge in [-0.15, -0.1) is 10.2 Å². The van der Waals surface area contributed by atoms with Crippen LogP contribution in [0.5, 0.6) is 11.5 Å². The summed E-state index contributed by atoms with van der Waals surface area (Å²) in [7, 11) is -12.3. The summed E-state index contributed by atoms with van der Waals surface area (Å²) in [6, 6.07) is 9.24. The summed E-state index contributed by atoms with van der Waals surface area (Å²) in [4.78, 5) is -0.721. The van der Waals surface area contributed by atoms with Crippen molar-refractivity contribution in [1.82, 2.24) is 0 Å². The molecule has 0 fully saturated rings. The number of phenols is 1. The van der Waals surface area contributed by atoms with Gasteiger partial charge < -0.3 is 9.84 Å². The standard InChI is InChI=1S/C20H20N2O11S3/c1-12-9-15(17(32-2)11-18(12)34(24,25)8-7-33-36(29,30)31)21-22-16-10-19(35(26,27)28)13-5-3-4-6-14(13)20(16)23/h3-6,9-11,23H,7-8H2,1-2H3,(H,26,27,28)(H,29,30,31)/b22-21+. The molecule has 0 aliphatic carbocycles. The highest BCUT2D eigenvalue weighted by Gasteiger charge is 2.22. The normalized spacial score (nSPS) is 12.9. The van der Waals surface area contributed by atoms with Crippen molar-refractivity contribution in [2.45, 2.75) is 16.7 Å². The summed E-state index contributed by atoms with van der Waals surface area (Å²) >= 11 is 0. The van der Waals surface area contributed by atoms with Gasteiger partial charge in [-0.3, -0.25) is 9.11 Å². The molecule has 16 heteroatoms. The number of fused-ring (bicyclic) bond motifs is 1. The maximum atomic E-state index is 12.6. The van der Waals surface area contributed by atoms with Gasteiger partial charge in [0.2, 0.25) is 0 Å². The van der Waals surface area contributed by atoms with Crippen LogP contribution in [0.4, 0.5) is 11.4 Å². The van der Waals surface area contributed by atoms with E-state index in [9.17, 15) is 34.9 Å². The smallest absolute Gasteiger partial charge is 0.397 e. The number of phenolic OH excluding ortho intramolecular Hbond substituents is 1. The summed E-state index contributed by atoms with van der Waals surface area (Å²) in [5.41, 5.74) is -0.0952. The quantitative estimate of drug-likeness (QED) is 0.256. The van der Waals surface area contributed by atoms with Gasteiger partial charge in [-0.2, -0.15) is 16.8 Å². The summed E-state index contributed by atoms with van der Waals surface area (Å²) in [6.45, 7) is 0.612. The molecule has 36 heavy (non-hydrogen) atoms. The van der Waals surface area contributed by atoms with Crippen LogP contribution in [0.2, 0.25) is 0 Å². The SMILES string of the molecule is COc1cc(S(=O)(=O)CCOS(=O)(=O)O)c(C)cc1/N=N/c1cc(S(=O)(=O)O)c2ccccc2c1O. The van der Waals surface area contributed by atoms with Crippen LogP contribution in [-0.4, -0.2) is 58.9 Å². The van der Waals surface area contributed by atoms with Crippen LogP contribution in [0.3, 0.4) is 0 Å². The molecule has 0 amide bonds. The lowest BCUT2D eigenvalue weighted by molar-refractivity contribution is 0.284. The Morgan fingerprint density at radius 3 is 2.06 bits per heavy atom. The van der Waals surface area contributed by atoms with Crippen molar-refractivity contribution in [3.05, 3.63) is 48.0 Å². The van der Waals surface area contributed by atoms with Crippen molar-refractivity contribution < 1.29 is 48.4 Å². The van der Waals surface area contributed by atoms with Gasteiger partial charge in [0.1, 0.15) is 22.0 Å². The number of sulfone groups is 1. The average Bonchev–Trinajstić information content (AvgIpc) is 2.76. The minimum Gasteiger partial charge on any atom is -0.505 e. The van der Waals surface area contributed by atoms with Crippen molar-refractivity contribution in [1.29, 1.82) is 0 Å². The summed E-state index contributed by atoms with van der Waals surface area (Å²) in [6.07, 6.45) is 0. The predicted octanol–water partition coefficient (Wildman–Crippen LogP) is 3.12. The van der Waals surface area contributed by atoms with Gasteiger partial charge in [0, 0.05) is 16.8 Å². The summed E-state index contributed by atoms with van der Waals surface area (Å²) in [5, 5.41) is 18.6. The van der Waals surface area contributed by atoms with E-state index in [1.165, 1.54) is 38.3 Å². The molecular weight excluding hydrogens is 540 g/mol. The van der Waals surface area contributed by atoms with E-state index in [2.05, 4.69) is 14.4 Å². The molecule has 0 unspecified atom stereocenters. The molecule has 3 N–H and O–H groups in total. The molecule has 0 atom stereocenters. The number of nitrogens with zero attached hydrogens (tertiary/aromatic N) is 2. The number of hydrogen-bond acceptors (Lipinski definition) is 11. The number of aromatic hydroxyl groups is 1. The first-order valence-electron chi connectivity index (χ1n) is 9.81. The summed E-state index contributed by atoms with van der Waals surface area (Å²) < 4.78 is 97.7. The van der Waals surface area contributed by atoms with Gasteiger partial charge in [0.05, 0.1) is 24.4 Å². The maximum absolute atomic E-state index is 12.6. The Morgan fingerprint density at radius 1 is 0.861 bits per heavy atom. The first-order chi connectivity index (χ1) is 16.6. The van der Waals surface area contributed by atoms with Crippen molar-refractivity contribution >= 4 is 52.5 Å². The zero-order chi connectivity index (χ0) is 26.9. The molecule has 0 aliphatic heterocycles. The molecule has 0 saturated carbocycles. The average molecular weight is 561 g/mol. The molecule has 3 rings (SSSR count). The molecule has 0 aliphatic rings. The molecule has 3 aromatic rings. The van der Waals surface area contributed by atoms with Crippen LogP contribution in [0, 0.1) is 6.92 Å². The molecule has 0 bridgehead atoms. The third-order valence-corrected chi connectivity index (χ3v) is 8.07. The molecule has 13 nitrogen and oxygen atoms in total. The number of azo groups is 1. The highest BCUT2D eigenvalue weighted by Crippen LogP contribution is 2.41. The van der Waals surface area contributed by atoms with E-state index in [0.717, 1.165) is 12.1 Å². The van der Waals surface area contributed by atoms with Crippen molar-refractivity contribution in [3.63, 3.8) is 0 Å². The molecule has 0 saturated heterocycles. The van der Waals surface area contributed by atoms with Gasteiger partial charge >= 0.3 is 10.4 Å². The van der Waals surface area contributed by atoms with Crippen LogP contribution >= 0.6 is 0 Å². The Balaban J connectivity index is 2.04.